The van der Waals surface area contributed by atoms with Gasteiger partial charge in [-0.3, -0.25) is 0 Å². The van der Waals surface area contributed by atoms with Gasteiger partial charge in [0.2, 0.25) is 0 Å². The molecule has 100 valence electrons. The van der Waals surface area contributed by atoms with E-state index in [0.717, 1.165) is 38.6 Å². The summed E-state index contributed by atoms with van der Waals surface area (Å²) < 4.78 is 17.9. The van der Waals surface area contributed by atoms with Crippen molar-refractivity contribution in [3.63, 3.8) is 0 Å². The highest BCUT2D eigenvalue weighted by atomic mass is 16.8. The van der Waals surface area contributed by atoms with Gasteiger partial charge in [-0.25, -0.2) is 0 Å². The zero-order chi connectivity index (χ0) is 12.7. The molecule has 3 rings (SSSR count). The molecule has 2 saturated heterocycles. The van der Waals surface area contributed by atoms with Gasteiger partial charge >= 0.3 is 0 Å². The highest BCUT2D eigenvalue weighted by molar-refractivity contribution is 5.62. The van der Waals surface area contributed by atoms with Crippen molar-refractivity contribution in [3.8, 4) is 0 Å². The zero-order valence-corrected chi connectivity index (χ0v) is 10.8. The average Bonchev–Trinajstić information content (AvgIpc) is 2.68. The second-order valence-corrected chi connectivity index (χ2v) is 5.77. The molecule has 0 radical (unpaired) electrons. The molecule has 0 aromatic heterocycles. The molecule has 3 heterocycles. The van der Waals surface area contributed by atoms with Gasteiger partial charge in [0.1, 0.15) is 5.60 Å². The minimum absolute atomic E-state index is 0.620. The van der Waals surface area contributed by atoms with Gasteiger partial charge in [-0.1, -0.05) is 6.08 Å². The Morgan fingerprint density at radius 2 is 2.06 bits per heavy atom. The van der Waals surface area contributed by atoms with Crippen molar-refractivity contribution >= 4 is 6.29 Å². The van der Waals surface area contributed by atoms with Crippen LogP contribution < -0.4 is 0 Å². The number of ether oxygens (including phenoxy) is 3. The predicted octanol–water partition coefficient (Wildman–Crippen LogP) is 2.32. The van der Waals surface area contributed by atoms with Gasteiger partial charge in [-0.15, -0.1) is 0 Å². The largest absolute Gasteiger partial charge is 0.346 e. The minimum atomic E-state index is -0.707. The molecule has 18 heavy (non-hydrogen) atoms. The number of carbonyl (C=O) groups excluding carboxylic acids is 1. The minimum Gasteiger partial charge on any atom is -0.346 e. The summed E-state index contributed by atoms with van der Waals surface area (Å²) in [5.74, 6) is -1.29. The summed E-state index contributed by atoms with van der Waals surface area (Å²) in [7, 11) is 0. The molecule has 0 aromatic rings. The molecule has 0 aromatic carbocycles. The third-order valence-electron chi connectivity index (χ3n) is 4.10. The average molecular weight is 252 g/mol. The van der Waals surface area contributed by atoms with Gasteiger partial charge < -0.3 is 19.0 Å². The Kier molecular flexibility index (Phi) is 2.84. The summed E-state index contributed by atoms with van der Waals surface area (Å²) >= 11 is 0. The van der Waals surface area contributed by atoms with E-state index in [4.69, 9.17) is 14.2 Å². The van der Waals surface area contributed by atoms with E-state index in [-0.39, 0.29) is 0 Å². The van der Waals surface area contributed by atoms with Gasteiger partial charge in [-0.05, 0) is 32.3 Å². The lowest BCUT2D eigenvalue weighted by atomic mass is 9.97. The molecule has 0 bridgehead atoms. The van der Waals surface area contributed by atoms with E-state index >= 15 is 0 Å². The summed E-state index contributed by atoms with van der Waals surface area (Å²) in [4.78, 5) is 11.1. The fourth-order valence-electron chi connectivity index (χ4n) is 3.08. The Bertz CT molecular complexity index is 372. The van der Waals surface area contributed by atoms with Crippen LogP contribution in [0.5, 0.6) is 0 Å². The maximum Gasteiger partial charge on any atom is 0.191 e. The van der Waals surface area contributed by atoms with E-state index in [1.165, 1.54) is 0 Å². The van der Waals surface area contributed by atoms with Crippen LogP contribution >= 0.6 is 0 Å². The van der Waals surface area contributed by atoms with Crippen LogP contribution in [0.4, 0.5) is 0 Å². The molecule has 0 saturated carbocycles. The molecule has 0 aliphatic carbocycles. The van der Waals surface area contributed by atoms with E-state index in [1.807, 2.05) is 13.0 Å². The van der Waals surface area contributed by atoms with E-state index in [9.17, 15) is 4.79 Å². The van der Waals surface area contributed by atoms with Crippen LogP contribution in [0, 0.1) is 0 Å². The third-order valence-corrected chi connectivity index (χ3v) is 4.10. The second-order valence-electron chi connectivity index (χ2n) is 5.77. The van der Waals surface area contributed by atoms with E-state index in [2.05, 4.69) is 6.08 Å². The maximum atomic E-state index is 11.1. The van der Waals surface area contributed by atoms with E-state index in [1.54, 1.807) is 0 Å². The van der Waals surface area contributed by atoms with Crippen LogP contribution in [0.3, 0.4) is 0 Å². The van der Waals surface area contributed by atoms with Crippen LogP contribution in [0.1, 0.15) is 45.4 Å². The predicted molar refractivity (Wildman–Crippen MR) is 64.9 cm³/mol. The monoisotopic (exact) mass is 252 g/mol. The van der Waals surface area contributed by atoms with Gasteiger partial charge in [0.25, 0.3) is 0 Å². The lowest BCUT2D eigenvalue weighted by molar-refractivity contribution is -0.353. The highest BCUT2D eigenvalue weighted by Gasteiger charge is 2.53. The number of aldehydes is 1. The smallest absolute Gasteiger partial charge is 0.191 e. The molecule has 2 fully saturated rings. The molecule has 4 nitrogen and oxygen atoms in total. The summed E-state index contributed by atoms with van der Waals surface area (Å²) in [6, 6.07) is 0. The Morgan fingerprint density at radius 1 is 1.17 bits per heavy atom. The third kappa shape index (κ3) is 2.02. The Hall–Kier alpha value is -0.710. The van der Waals surface area contributed by atoms with Crippen LogP contribution in [-0.2, 0) is 19.0 Å². The highest BCUT2D eigenvalue weighted by Crippen LogP contribution is 2.47. The fourth-order valence-corrected chi connectivity index (χ4v) is 3.08. The van der Waals surface area contributed by atoms with Crippen molar-refractivity contribution in [3.05, 3.63) is 12.2 Å². The first-order valence-corrected chi connectivity index (χ1v) is 6.78. The Balaban J connectivity index is 1.80. The quantitative estimate of drug-likeness (QED) is 0.530. The molecular formula is C14H20O4. The molecule has 3 atom stereocenters. The first-order chi connectivity index (χ1) is 8.60. The molecule has 0 N–H and O–H groups in total. The normalized spacial score (nSPS) is 47.8. The lowest BCUT2D eigenvalue weighted by Crippen LogP contribution is -2.50. The van der Waals surface area contributed by atoms with Crippen molar-refractivity contribution in [2.24, 2.45) is 0 Å². The molecule has 3 aliphatic rings. The van der Waals surface area contributed by atoms with E-state index in [0.29, 0.717) is 12.8 Å². The number of hydrogen-bond acceptors (Lipinski definition) is 4. The summed E-state index contributed by atoms with van der Waals surface area (Å²) in [5.41, 5.74) is -0.707. The van der Waals surface area contributed by atoms with Gasteiger partial charge in [0.05, 0.1) is 6.61 Å². The van der Waals surface area contributed by atoms with Crippen molar-refractivity contribution in [1.29, 1.82) is 0 Å². The SMILES string of the molecule is C[C@]1(C=O)CC[C@@]2(CC=C[C@]3(CCCCO3)O2)O1. The van der Waals surface area contributed by atoms with Gasteiger partial charge in [0.15, 0.2) is 17.9 Å². The van der Waals surface area contributed by atoms with Crippen LogP contribution in [0.2, 0.25) is 0 Å². The summed E-state index contributed by atoms with van der Waals surface area (Å²) in [6.07, 6.45) is 10.2. The topological polar surface area (TPSA) is 44.8 Å². The number of carbonyl (C=O) groups is 1. The Morgan fingerprint density at radius 3 is 2.72 bits per heavy atom. The van der Waals surface area contributed by atoms with Crippen molar-refractivity contribution in [1.82, 2.24) is 0 Å². The fraction of sp³-hybridized carbons (Fsp3) is 0.786. The maximum absolute atomic E-state index is 11.1. The molecule has 0 unspecified atom stereocenters. The van der Waals surface area contributed by atoms with Crippen molar-refractivity contribution in [2.45, 2.75) is 62.6 Å². The van der Waals surface area contributed by atoms with Crippen LogP contribution in [0.25, 0.3) is 0 Å². The van der Waals surface area contributed by atoms with Crippen molar-refractivity contribution < 1.29 is 19.0 Å². The first-order valence-electron chi connectivity index (χ1n) is 6.78. The van der Waals surface area contributed by atoms with Gasteiger partial charge in [0, 0.05) is 19.3 Å². The molecule has 2 spiro atoms. The van der Waals surface area contributed by atoms with E-state index < -0.39 is 17.2 Å². The summed E-state index contributed by atoms with van der Waals surface area (Å²) in [6.45, 7) is 2.55. The molecule has 3 aliphatic heterocycles. The van der Waals surface area contributed by atoms with Crippen LogP contribution in [-0.4, -0.2) is 30.1 Å². The molecular weight excluding hydrogens is 232 g/mol. The molecule has 4 heteroatoms. The standard InChI is InChI=1S/C14H20O4/c1-12(11-15)8-9-14(17-12)7-4-6-13(18-14)5-2-3-10-16-13/h4,6,11H,2-3,5,7-10H2,1H3/t12-,13+,14+/m1/s1. The number of hydrogen-bond donors (Lipinski definition) is 0. The van der Waals surface area contributed by atoms with Gasteiger partial charge in [-0.2, -0.15) is 0 Å². The zero-order valence-electron chi connectivity index (χ0n) is 10.8. The number of rotatable bonds is 1. The second kappa shape index (κ2) is 4.15. The van der Waals surface area contributed by atoms with Crippen LogP contribution in [0.15, 0.2) is 12.2 Å². The first kappa shape index (κ1) is 12.3. The van der Waals surface area contributed by atoms with Crippen molar-refractivity contribution in [2.75, 3.05) is 6.61 Å². The molecule has 0 amide bonds. The summed E-state index contributed by atoms with van der Waals surface area (Å²) in [5, 5.41) is 0. The lowest BCUT2D eigenvalue weighted by Gasteiger charge is -2.44. The Labute approximate surface area is 107 Å².